The molecule has 0 radical (unpaired) electrons. The van der Waals surface area contributed by atoms with Crippen LogP contribution in [0.1, 0.15) is 19.4 Å². The second-order valence-electron chi connectivity index (χ2n) is 14.3. The van der Waals surface area contributed by atoms with Crippen LogP contribution in [0.2, 0.25) is 0 Å². The van der Waals surface area contributed by atoms with E-state index in [1.807, 2.05) is 0 Å². The van der Waals surface area contributed by atoms with Crippen molar-refractivity contribution in [2.45, 2.75) is 13.8 Å². The summed E-state index contributed by atoms with van der Waals surface area (Å²) in [6.45, 7) is 4.42. The van der Waals surface area contributed by atoms with Crippen molar-refractivity contribution >= 4 is 91.8 Å². The lowest BCUT2D eigenvalue weighted by atomic mass is 9.83. The van der Waals surface area contributed by atoms with Crippen molar-refractivity contribution in [3.63, 3.8) is 0 Å². The lowest BCUT2D eigenvalue weighted by molar-refractivity contribution is 1.66. The maximum absolute atomic E-state index is 2.53. The summed E-state index contributed by atoms with van der Waals surface area (Å²) in [5.74, 6) is 0. The van der Waals surface area contributed by atoms with Crippen LogP contribution >= 0.6 is 0 Å². The summed E-state index contributed by atoms with van der Waals surface area (Å²) in [5.41, 5.74) is 7.71. The van der Waals surface area contributed by atoms with Gasteiger partial charge in [-0.05, 0) is 139 Å². The standard InChI is InChI=1S/C52H34/c1-3-4-17-31(2)44-49-40-28-15-26-38-34-22-11-12-23-35(34)42(47(38)40)30-43(49)46(33-20-9-6-10-21-33)50-41-29-16-27-39-36-24-13-14-25-37(36)45(32-18-7-5-8-19-32)52(48(39)41)51(44)50/h3-30H,1-2H3/b4-3-,31-17+. The molecule has 0 fully saturated rings. The predicted octanol–water partition coefficient (Wildman–Crippen LogP) is 15.1. The molecule has 0 aliphatic rings. The van der Waals surface area contributed by atoms with Crippen LogP contribution in [0.4, 0.5) is 0 Å². The molecule has 0 aliphatic heterocycles. The van der Waals surface area contributed by atoms with E-state index in [2.05, 4.69) is 184 Å². The molecule has 0 nitrogen and oxygen atoms in total. The van der Waals surface area contributed by atoms with Crippen LogP contribution < -0.4 is 0 Å². The third-order valence-corrected chi connectivity index (χ3v) is 11.6. The highest BCUT2D eigenvalue weighted by Gasteiger charge is 2.28. The Kier molecular flexibility index (Phi) is 6.19. The van der Waals surface area contributed by atoms with Gasteiger partial charge in [0.25, 0.3) is 0 Å². The van der Waals surface area contributed by atoms with E-state index >= 15 is 0 Å². The number of hydrogen-bond acceptors (Lipinski definition) is 0. The molecule has 0 heteroatoms. The molecule has 0 N–H and O–H groups in total. The van der Waals surface area contributed by atoms with Crippen LogP contribution in [0.25, 0.3) is 114 Å². The Morgan fingerprint density at radius 1 is 0.365 bits per heavy atom. The van der Waals surface area contributed by atoms with Crippen LogP contribution in [-0.2, 0) is 0 Å². The van der Waals surface area contributed by atoms with Gasteiger partial charge >= 0.3 is 0 Å². The number of benzene rings is 9. The summed E-state index contributed by atoms with van der Waals surface area (Å²) < 4.78 is 0. The second kappa shape index (κ2) is 11.0. The second-order valence-corrected chi connectivity index (χ2v) is 14.3. The Labute approximate surface area is 302 Å². The van der Waals surface area contributed by atoms with Gasteiger partial charge in [-0.25, -0.2) is 0 Å². The third-order valence-electron chi connectivity index (χ3n) is 11.6. The first-order chi connectivity index (χ1) is 25.7. The fraction of sp³-hybridized carbons (Fsp3) is 0.0385. The zero-order valence-electron chi connectivity index (χ0n) is 29.2. The largest absolute Gasteiger partial charge is 0.0877 e. The van der Waals surface area contributed by atoms with Crippen molar-refractivity contribution in [1.82, 2.24) is 0 Å². The van der Waals surface area contributed by atoms with Gasteiger partial charge in [-0.15, -0.1) is 0 Å². The molecule has 0 unspecified atom stereocenters. The molecule has 0 bridgehead atoms. The lowest BCUT2D eigenvalue weighted by Gasteiger charge is -2.20. The van der Waals surface area contributed by atoms with Gasteiger partial charge < -0.3 is 0 Å². The van der Waals surface area contributed by atoms with Crippen molar-refractivity contribution in [1.29, 1.82) is 0 Å². The fourth-order valence-electron chi connectivity index (χ4n) is 9.60. The summed E-state index contributed by atoms with van der Waals surface area (Å²) >= 11 is 0. The quantitative estimate of drug-likeness (QED) is 0.130. The first kappa shape index (κ1) is 29.3. The van der Waals surface area contributed by atoms with Crippen molar-refractivity contribution in [3.05, 3.63) is 175 Å². The Hall–Kier alpha value is -6.50. The topological polar surface area (TPSA) is 0 Å². The highest BCUT2D eigenvalue weighted by atomic mass is 14.3. The first-order valence-electron chi connectivity index (χ1n) is 18.3. The highest BCUT2D eigenvalue weighted by Crippen LogP contribution is 2.56. The average Bonchev–Trinajstić information content (AvgIpc) is 3.71. The van der Waals surface area contributed by atoms with Crippen molar-refractivity contribution in [2.24, 2.45) is 0 Å². The summed E-state index contributed by atoms with van der Waals surface area (Å²) in [6.07, 6.45) is 6.66. The summed E-state index contributed by atoms with van der Waals surface area (Å²) in [5, 5.41) is 21.2. The van der Waals surface area contributed by atoms with Crippen LogP contribution in [0.15, 0.2) is 170 Å². The average molecular weight is 659 g/mol. The Morgan fingerprint density at radius 3 is 1.48 bits per heavy atom. The molecule has 0 saturated carbocycles. The molecule has 11 aromatic carbocycles. The molecule has 0 atom stereocenters. The molecule has 0 spiro atoms. The Balaban J connectivity index is 1.55. The molecule has 11 rings (SSSR count). The monoisotopic (exact) mass is 658 g/mol. The minimum atomic E-state index is 1.25. The van der Waals surface area contributed by atoms with Crippen LogP contribution in [0.3, 0.4) is 0 Å². The SMILES string of the molecule is C/C=C\C=C(/C)c1c2c(cc3c4ccccc4c4cccc2c43)c(-c2ccccc2)c2c3cccc4c5ccccc5c(-c5ccccc5)c(c12)c43. The predicted molar refractivity (Wildman–Crippen MR) is 228 cm³/mol. The molecule has 0 aliphatic carbocycles. The molecule has 52 heavy (non-hydrogen) atoms. The van der Waals surface area contributed by atoms with Gasteiger partial charge in [0.2, 0.25) is 0 Å². The van der Waals surface area contributed by atoms with E-state index in [-0.39, 0.29) is 0 Å². The van der Waals surface area contributed by atoms with Crippen LogP contribution in [0, 0.1) is 0 Å². The van der Waals surface area contributed by atoms with E-state index < -0.39 is 0 Å². The van der Waals surface area contributed by atoms with Crippen LogP contribution in [-0.4, -0.2) is 0 Å². The van der Waals surface area contributed by atoms with Gasteiger partial charge in [0.15, 0.2) is 0 Å². The van der Waals surface area contributed by atoms with Gasteiger partial charge in [0.1, 0.15) is 0 Å². The van der Waals surface area contributed by atoms with E-state index in [1.165, 1.54) is 120 Å². The first-order valence-corrected chi connectivity index (χ1v) is 18.3. The highest BCUT2D eigenvalue weighted by molar-refractivity contribution is 6.46. The van der Waals surface area contributed by atoms with E-state index in [0.717, 1.165) is 0 Å². The Morgan fingerprint density at radius 2 is 0.846 bits per heavy atom. The maximum Gasteiger partial charge on any atom is -0.000127 e. The van der Waals surface area contributed by atoms with Gasteiger partial charge in [-0.2, -0.15) is 0 Å². The minimum Gasteiger partial charge on any atom is -0.0877 e. The number of fused-ring (bicyclic) bond motifs is 10. The van der Waals surface area contributed by atoms with Crippen molar-refractivity contribution < 1.29 is 0 Å². The van der Waals surface area contributed by atoms with Gasteiger partial charge in [-0.1, -0.05) is 164 Å². The number of allylic oxidation sites excluding steroid dienone is 4. The smallest absolute Gasteiger partial charge is 0.000127 e. The molecule has 242 valence electrons. The van der Waals surface area contributed by atoms with E-state index in [1.54, 1.807) is 0 Å². The molecule has 0 amide bonds. The third kappa shape index (κ3) is 3.82. The summed E-state index contributed by atoms with van der Waals surface area (Å²) in [4.78, 5) is 0. The molecule has 0 aromatic heterocycles. The van der Waals surface area contributed by atoms with Gasteiger partial charge in [-0.3, -0.25) is 0 Å². The molecule has 11 aromatic rings. The zero-order valence-corrected chi connectivity index (χ0v) is 29.2. The minimum absolute atomic E-state index is 1.25. The van der Waals surface area contributed by atoms with Crippen molar-refractivity contribution in [3.8, 4) is 22.3 Å². The van der Waals surface area contributed by atoms with E-state index in [0.29, 0.717) is 0 Å². The summed E-state index contributed by atoms with van der Waals surface area (Å²) in [7, 11) is 0. The molecular formula is C52H34. The van der Waals surface area contributed by atoms with Gasteiger partial charge in [0, 0.05) is 0 Å². The fourth-order valence-corrected chi connectivity index (χ4v) is 9.60. The zero-order chi connectivity index (χ0) is 34.5. The van der Waals surface area contributed by atoms with E-state index in [9.17, 15) is 0 Å². The van der Waals surface area contributed by atoms with E-state index in [4.69, 9.17) is 0 Å². The Bertz CT molecular complexity index is 3270. The molecule has 0 heterocycles. The van der Waals surface area contributed by atoms with Crippen molar-refractivity contribution in [2.75, 3.05) is 0 Å². The number of hydrogen-bond donors (Lipinski definition) is 0. The van der Waals surface area contributed by atoms with Gasteiger partial charge in [0.05, 0.1) is 0 Å². The normalized spacial score (nSPS) is 12.8. The number of rotatable bonds is 4. The summed E-state index contributed by atoms with van der Waals surface area (Å²) in [6, 6.07) is 56.7. The molecular weight excluding hydrogens is 625 g/mol. The molecule has 0 saturated heterocycles. The van der Waals surface area contributed by atoms with Crippen LogP contribution in [0.5, 0.6) is 0 Å². The lowest BCUT2D eigenvalue weighted by Crippen LogP contribution is -1.93. The maximum atomic E-state index is 2.53.